The Morgan fingerprint density at radius 2 is 2.02 bits per heavy atom. The summed E-state index contributed by atoms with van der Waals surface area (Å²) >= 11 is 0. The lowest BCUT2D eigenvalue weighted by Gasteiger charge is -2.42. The number of aliphatic imine (C=N–C) groups is 1. The highest BCUT2D eigenvalue weighted by atomic mass is 19.3. The molecule has 0 unspecified atom stereocenters. The summed E-state index contributed by atoms with van der Waals surface area (Å²) < 4.78 is 58.5. The molecule has 1 aliphatic carbocycles. The van der Waals surface area contributed by atoms with Crippen LogP contribution < -0.4 is 30.2 Å². The van der Waals surface area contributed by atoms with Crippen molar-refractivity contribution < 1.29 is 37.0 Å². The fourth-order valence-corrected chi connectivity index (χ4v) is 6.94. The fourth-order valence-electron chi connectivity index (χ4n) is 6.94. The Hall–Kier alpha value is -5.39. The van der Waals surface area contributed by atoms with Gasteiger partial charge >= 0.3 is 6.29 Å². The standard InChI is InChI=1S/C33H30F3N7O5/c1-15-13-32(31(45)41-29(42-32)19-6-7-23-28(27(19)17-4-5-17)48-33(35,36)47-23)8-9-43(15)22-11-18(10-21(34)20(22)14-37)26-16(2)39-25(12-24(38)44)40-30(26)46-3/h6-7,10-11,15,17H,4-5,8-9,12-13H2,1-3H3,(H2,38,44)(H,41,42,45)/t15-,32+/m0/s1. The van der Waals surface area contributed by atoms with E-state index in [1.165, 1.54) is 19.2 Å². The SMILES string of the molecule is COc1nc(CC(N)=O)nc(C)c1-c1cc(F)c(C#N)c(N2CC[C@]3(C[C@@H]2C)N=C(c2ccc4c(c2C2CC2)OC(F)(F)O4)NC3=O)c1. The van der Waals surface area contributed by atoms with Crippen LogP contribution in [0.15, 0.2) is 29.3 Å². The molecule has 3 N–H and O–H groups in total. The number of ether oxygens (including phenoxy) is 3. The Kier molecular flexibility index (Phi) is 7.22. The molecule has 15 heteroatoms. The zero-order valence-corrected chi connectivity index (χ0v) is 26.2. The fraction of sp³-hybridized carbons (Fsp3) is 0.394. The van der Waals surface area contributed by atoms with Crippen molar-refractivity contribution >= 4 is 23.3 Å². The first-order valence-electron chi connectivity index (χ1n) is 15.4. The minimum atomic E-state index is -3.78. The van der Waals surface area contributed by atoms with E-state index in [-0.39, 0.29) is 78.3 Å². The molecule has 0 bridgehead atoms. The number of fused-ring (bicyclic) bond motifs is 1. The Morgan fingerprint density at radius 1 is 1.25 bits per heavy atom. The number of carbonyl (C=O) groups excluding carboxylic acids is 2. The van der Waals surface area contributed by atoms with E-state index in [1.807, 2.05) is 17.9 Å². The van der Waals surface area contributed by atoms with Gasteiger partial charge in [-0.15, -0.1) is 8.78 Å². The Morgan fingerprint density at radius 3 is 2.69 bits per heavy atom. The molecule has 2 fully saturated rings. The smallest absolute Gasteiger partial charge is 0.480 e. The summed E-state index contributed by atoms with van der Waals surface area (Å²) in [5, 5.41) is 12.9. The van der Waals surface area contributed by atoms with E-state index in [0.29, 0.717) is 33.6 Å². The minimum Gasteiger partial charge on any atom is -0.480 e. The van der Waals surface area contributed by atoms with E-state index in [4.69, 9.17) is 20.2 Å². The third-order valence-corrected chi connectivity index (χ3v) is 9.17. The van der Waals surface area contributed by atoms with E-state index in [0.717, 1.165) is 12.8 Å². The lowest BCUT2D eigenvalue weighted by Crippen LogP contribution is -2.53. The highest BCUT2D eigenvalue weighted by molar-refractivity contribution is 6.16. The molecule has 1 spiro atoms. The van der Waals surface area contributed by atoms with E-state index in [1.54, 1.807) is 19.1 Å². The zero-order chi connectivity index (χ0) is 34.1. The quantitative estimate of drug-likeness (QED) is 0.381. The van der Waals surface area contributed by atoms with Gasteiger partial charge in [0, 0.05) is 30.1 Å². The van der Waals surface area contributed by atoms with Gasteiger partial charge in [-0.3, -0.25) is 14.6 Å². The predicted molar refractivity (Wildman–Crippen MR) is 164 cm³/mol. The molecule has 1 aromatic heterocycles. The zero-order valence-electron chi connectivity index (χ0n) is 26.2. The summed E-state index contributed by atoms with van der Waals surface area (Å²) in [5.74, 6) is -1.29. The topological polar surface area (TPSA) is 165 Å². The summed E-state index contributed by atoms with van der Waals surface area (Å²) in [6.45, 7) is 3.77. The molecule has 12 nitrogen and oxygen atoms in total. The number of primary amides is 1. The van der Waals surface area contributed by atoms with Crippen LogP contribution in [0.2, 0.25) is 0 Å². The summed E-state index contributed by atoms with van der Waals surface area (Å²) in [7, 11) is 1.39. The molecule has 3 aromatic rings. The molecule has 3 aliphatic heterocycles. The van der Waals surface area contributed by atoms with Gasteiger partial charge in [0.1, 0.15) is 34.6 Å². The van der Waals surface area contributed by atoms with Crippen molar-refractivity contribution in [3.63, 3.8) is 0 Å². The number of nitrogens with one attached hydrogen (secondary N) is 1. The van der Waals surface area contributed by atoms with Crippen LogP contribution in [0.1, 0.15) is 66.7 Å². The second kappa shape index (κ2) is 11.1. The van der Waals surface area contributed by atoms with E-state index in [2.05, 4.69) is 20.0 Å². The van der Waals surface area contributed by atoms with Crippen LogP contribution in [0.25, 0.3) is 11.1 Å². The Labute approximate surface area is 272 Å². The number of nitriles is 1. The molecular formula is C33H30F3N7O5. The number of halogens is 3. The van der Waals surface area contributed by atoms with Crippen LogP contribution in [0.4, 0.5) is 18.9 Å². The van der Waals surface area contributed by atoms with Gasteiger partial charge in [0.05, 0.1) is 30.5 Å². The van der Waals surface area contributed by atoms with E-state index in [9.17, 15) is 23.6 Å². The van der Waals surface area contributed by atoms with Crippen molar-refractivity contribution in [2.45, 2.75) is 69.7 Å². The molecule has 2 amide bonds. The number of amidine groups is 1. The van der Waals surface area contributed by atoms with Gasteiger partial charge in [-0.05, 0) is 68.9 Å². The number of hydrogen-bond donors (Lipinski definition) is 2. The molecule has 1 saturated heterocycles. The van der Waals surface area contributed by atoms with Crippen molar-refractivity contribution in [1.29, 1.82) is 5.26 Å². The summed E-state index contributed by atoms with van der Waals surface area (Å²) in [6, 6.07) is 7.45. The van der Waals surface area contributed by atoms with Gasteiger partial charge in [-0.25, -0.2) is 9.37 Å². The first-order valence-corrected chi connectivity index (χ1v) is 15.4. The highest BCUT2D eigenvalue weighted by Gasteiger charge is 2.51. The Balaban J connectivity index is 1.22. The van der Waals surface area contributed by atoms with Crippen molar-refractivity contribution in [3.8, 4) is 34.6 Å². The molecule has 2 aromatic carbocycles. The minimum absolute atomic E-state index is 0.0250. The van der Waals surface area contributed by atoms with Gasteiger partial charge in [0.2, 0.25) is 11.8 Å². The summed E-state index contributed by atoms with van der Waals surface area (Å²) in [5.41, 5.74) is 6.48. The number of alkyl halides is 2. The maximum Gasteiger partial charge on any atom is 0.586 e. The van der Waals surface area contributed by atoms with Crippen LogP contribution in [-0.2, 0) is 16.0 Å². The van der Waals surface area contributed by atoms with Crippen molar-refractivity contribution in [2.75, 3.05) is 18.6 Å². The maximum absolute atomic E-state index is 15.6. The first-order chi connectivity index (χ1) is 22.8. The number of piperidine rings is 1. The van der Waals surface area contributed by atoms with Crippen molar-refractivity contribution in [3.05, 3.63) is 58.3 Å². The average Bonchev–Trinajstić information content (AvgIpc) is 3.73. The van der Waals surface area contributed by atoms with Crippen LogP contribution in [0.3, 0.4) is 0 Å². The second-order valence-electron chi connectivity index (χ2n) is 12.5. The first kappa shape index (κ1) is 31.2. The lowest BCUT2D eigenvalue weighted by molar-refractivity contribution is -0.287. The average molecular weight is 662 g/mol. The summed E-state index contributed by atoms with van der Waals surface area (Å²) in [6.07, 6.45) is -1.96. The normalized spacial score (nSPS) is 22.4. The number of carbonyl (C=O) groups is 2. The number of amides is 2. The van der Waals surface area contributed by atoms with Crippen molar-refractivity contribution in [1.82, 2.24) is 15.3 Å². The molecule has 0 radical (unpaired) electrons. The predicted octanol–water partition coefficient (Wildman–Crippen LogP) is 4.00. The van der Waals surface area contributed by atoms with Gasteiger partial charge in [0.15, 0.2) is 11.5 Å². The number of hydrogen-bond acceptors (Lipinski definition) is 10. The molecular weight excluding hydrogens is 631 g/mol. The van der Waals surface area contributed by atoms with Crippen LogP contribution >= 0.6 is 0 Å². The van der Waals surface area contributed by atoms with E-state index >= 15 is 4.39 Å². The number of aromatic nitrogens is 2. The monoisotopic (exact) mass is 661 g/mol. The number of rotatable bonds is 7. The van der Waals surface area contributed by atoms with Gasteiger partial charge < -0.3 is 30.2 Å². The number of nitrogens with zero attached hydrogens (tertiary/aromatic N) is 5. The maximum atomic E-state index is 15.6. The third-order valence-electron chi connectivity index (χ3n) is 9.17. The van der Waals surface area contributed by atoms with Gasteiger partial charge in [-0.2, -0.15) is 10.2 Å². The van der Waals surface area contributed by atoms with Gasteiger partial charge in [0.25, 0.3) is 5.91 Å². The van der Waals surface area contributed by atoms with Crippen LogP contribution in [-0.4, -0.2) is 59.1 Å². The largest absolute Gasteiger partial charge is 0.586 e. The van der Waals surface area contributed by atoms with Crippen molar-refractivity contribution in [2.24, 2.45) is 10.7 Å². The molecule has 1 saturated carbocycles. The molecule has 48 heavy (non-hydrogen) atoms. The lowest BCUT2D eigenvalue weighted by atomic mass is 9.83. The highest BCUT2D eigenvalue weighted by Crippen LogP contribution is 2.54. The molecule has 4 heterocycles. The number of anilines is 1. The molecule has 7 rings (SSSR count). The number of benzene rings is 2. The van der Waals surface area contributed by atoms with Crippen LogP contribution in [0, 0.1) is 24.1 Å². The molecule has 248 valence electrons. The van der Waals surface area contributed by atoms with Crippen LogP contribution in [0.5, 0.6) is 17.4 Å². The summed E-state index contributed by atoms with van der Waals surface area (Å²) in [4.78, 5) is 40.4. The number of aryl methyl sites for hydroxylation is 1. The number of nitrogens with two attached hydrogens (primary N) is 1. The van der Waals surface area contributed by atoms with Gasteiger partial charge in [-0.1, -0.05) is 0 Å². The molecule has 4 aliphatic rings. The molecule has 2 atom stereocenters. The third kappa shape index (κ3) is 5.21. The number of methoxy groups -OCH3 is 1. The van der Waals surface area contributed by atoms with E-state index < -0.39 is 23.6 Å². The Bertz CT molecular complexity index is 1980. The second-order valence-corrected chi connectivity index (χ2v) is 12.5.